The Morgan fingerprint density at radius 3 is 2.54 bits per heavy atom. The molecule has 2 aromatic carbocycles. The van der Waals surface area contributed by atoms with Crippen LogP contribution >= 0.6 is 0 Å². The molecule has 0 unspecified atom stereocenters. The molecule has 2 aromatic rings. The van der Waals surface area contributed by atoms with Crippen molar-refractivity contribution in [2.45, 2.75) is 39.5 Å². The van der Waals surface area contributed by atoms with E-state index in [1.807, 2.05) is 55.5 Å². The summed E-state index contributed by atoms with van der Waals surface area (Å²) in [6, 6.07) is 15.7. The Hall–Kier alpha value is -2.37. The summed E-state index contributed by atoms with van der Waals surface area (Å²) in [6.45, 7) is 9.92. The van der Waals surface area contributed by atoms with Crippen molar-refractivity contribution in [3.63, 3.8) is 0 Å². The molecule has 0 aromatic heterocycles. The van der Waals surface area contributed by atoms with Gasteiger partial charge < -0.3 is 14.8 Å². The zero-order valence-electron chi connectivity index (χ0n) is 17.0. The maximum Gasteiger partial charge on any atom is 0.251 e. The predicted octanol–water partition coefficient (Wildman–Crippen LogP) is 3.41. The standard InChI is InChI=1S/C23H30N2O3/c1-17-5-4-6-22(13-17)27-12-11-24-23(26)21-9-7-20(8-10-21)16-25-14-18(2)28-19(3)15-25/h4-10,13,18-19H,11-12,14-16H2,1-3H3,(H,24,26)/t18-,19-/m0/s1. The van der Waals surface area contributed by atoms with Gasteiger partial charge in [-0.25, -0.2) is 0 Å². The number of ether oxygens (including phenoxy) is 2. The van der Waals surface area contributed by atoms with Gasteiger partial charge in [0.25, 0.3) is 5.91 Å². The molecule has 2 atom stereocenters. The van der Waals surface area contributed by atoms with Crippen LogP contribution in [-0.4, -0.2) is 49.3 Å². The van der Waals surface area contributed by atoms with E-state index in [1.165, 1.54) is 5.56 Å². The van der Waals surface area contributed by atoms with Crippen LogP contribution in [0.5, 0.6) is 5.75 Å². The Morgan fingerprint density at radius 1 is 1.14 bits per heavy atom. The lowest BCUT2D eigenvalue weighted by atomic mass is 10.1. The molecule has 1 saturated heterocycles. The number of nitrogens with zero attached hydrogens (tertiary/aromatic N) is 1. The van der Waals surface area contributed by atoms with Crippen molar-refractivity contribution in [2.24, 2.45) is 0 Å². The van der Waals surface area contributed by atoms with Gasteiger partial charge in [0, 0.05) is 25.2 Å². The summed E-state index contributed by atoms with van der Waals surface area (Å²) >= 11 is 0. The zero-order chi connectivity index (χ0) is 19.9. The van der Waals surface area contributed by atoms with Gasteiger partial charge >= 0.3 is 0 Å². The average molecular weight is 383 g/mol. The van der Waals surface area contributed by atoms with Gasteiger partial charge in [-0.3, -0.25) is 9.69 Å². The summed E-state index contributed by atoms with van der Waals surface area (Å²) < 4.78 is 11.4. The van der Waals surface area contributed by atoms with Crippen molar-refractivity contribution in [3.8, 4) is 5.75 Å². The molecule has 1 amide bonds. The summed E-state index contributed by atoms with van der Waals surface area (Å²) in [5, 5.41) is 2.91. The number of nitrogens with one attached hydrogen (secondary N) is 1. The van der Waals surface area contributed by atoms with Crippen LogP contribution in [0.2, 0.25) is 0 Å². The highest BCUT2D eigenvalue weighted by atomic mass is 16.5. The second-order valence-corrected chi connectivity index (χ2v) is 7.57. The van der Waals surface area contributed by atoms with Gasteiger partial charge in [-0.2, -0.15) is 0 Å². The fourth-order valence-electron chi connectivity index (χ4n) is 3.57. The van der Waals surface area contributed by atoms with Crippen LogP contribution < -0.4 is 10.1 Å². The molecule has 1 aliphatic heterocycles. The lowest BCUT2D eigenvalue weighted by molar-refractivity contribution is -0.0704. The highest BCUT2D eigenvalue weighted by Crippen LogP contribution is 2.15. The number of morpholine rings is 1. The summed E-state index contributed by atoms with van der Waals surface area (Å²) in [6.07, 6.45) is 0.520. The van der Waals surface area contributed by atoms with E-state index in [9.17, 15) is 4.79 Å². The summed E-state index contributed by atoms with van der Waals surface area (Å²) in [4.78, 5) is 14.7. The largest absolute Gasteiger partial charge is 0.492 e. The van der Waals surface area contributed by atoms with Crippen molar-refractivity contribution in [1.29, 1.82) is 0 Å². The normalized spacial score (nSPS) is 20.0. The SMILES string of the molecule is Cc1cccc(OCCNC(=O)c2ccc(CN3C[C@H](C)O[C@@H](C)C3)cc2)c1. The smallest absolute Gasteiger partial charge is 0.251 e. The molecular formula is C23H30N2O3. The summed E-state index contributed by atoms with van der Waals surface area (Å²) in [7, 11) is 0. The molecule has 0 radical (unpaired) electrons. The fourth-order valence-corrected chi connectivity index (χ4v) is 3.57. The van der Waals surface area contributed by atoms with Crippen LogP contribution in [0.25, 0.3) is 0 Å². The van der Waals surface area contributed by atoms with E-state index in [4.69, 9.17) is 9.47 Å². The molecule has 0 spiro atoms. The third-order valence-electron chi connectivity index (χ3n) is 4.76. The number of carbonyl (C=O) groups excluding carboxylic acids is 1. The minimum atomic E-state index is -0.0759. The van der Waals surface area contributed by atoms with Gasteiger partial charge in [-0.15, -0.1) is 0 Å². The molecule has 1 heterocycles. The number of rotatable bonds is 7. The third kappa shape index (κ3) is 6.08. The van der Waals surface area contributed by atoms with Gasteiger partial charge in [0.2, 0.25) is 0 Å². The molecule has 5 heteroatoms. The van der Waals surface area contributed by atoms with Crippen molar-refractivity contribution in [1.82, 2.24) is 10.2 Å². The van der Waals surface area contributed by atoms with E-state index in [-0.39, 0.29) is 18.1 Å². The van der Waals surface area contributed by atoms with Crippen LogP contribution in [0, 0.1) is 6.92 Å². The van der Waals surface area contributed by atoms with Gasteiger partial charge in [-0.05, 0) is 56.2 Å². The molecule has 0 bridgehead atoms. The monoisotopic (exact) mass is 382 g/mol. The summed E-state index contributed by atoms with van der Waals surface area (Å²) in [5.74, 6) is 0.748. The second-order valence-electron chi connectivity index (χ2n) is 7.57. The molecule has 3 rings (SSSR count). The highest BCUT2D eigenvalue weighted by Gasteiger charge is 2.22. The van der Waals surface area contributed by atoms with Gasteiger partial charge in [-0.1, -0.05) is 24.3 Å². The first-order chi connectivity index (χ1) is 13.5. The molecular weight excluding hydrogens is 352 g/mol. The van der Waals surface area contributed by atoms with Crippen LogP contribution in [-0.2, 0) is 11.3 Å². The molecule has 1 fully saturated rings. The second kappa shape index (κ2) is 9.71. The molecule has 0 saturated carbocycles. The average Bonchev–Trinajstić information content (AvgIpc) is 2.65. The van der Waals surface area contributed by atoms with Gasteiger partial charge in [0.05, 0.1) is 18.8 Å². The van der Waals surface area contributed by atoms with E-state index in [0.29, 0.717) is 18.7 Å². The van der Waals surface area contributed by atoms with E-state index >= 15 is 0 Å². The Bertz CT molecular complexity index is 766. The fraction of sp³-hybridized carbons (Fsp3) is 0.435. The Balaban J connectivity index is 1.43. The minimum absolute atomic E-state index is 0.0759. The number of benzene rings is 2. The lowest BCUT2D eigenvalue weighted by Gasteiger charge is -2.35. The van der Waals surface area contributed by atoms with Crippen LogP contribution in [0.1, 0.15) is 35.3 Å². The Morgan fingerprint density at radius 2 is 1.86 bits per heavy atom. The quantitative estimate of drug-likeness (QED) is 0.746. The Labute approximate surface area is 167 Å². The van der Waals surface area contributed by atoms with E-state index in [2.05, 4.69) is 24.1 Å². The van der Waals surface area contributed by atoms with E-state index in [1.54, 1.807) is 0 Å². The van der Waals surface area contributed by atoms with E-state index in [0.717, 1.165) is 30.9 Å². The molecule has 1 aliphatic rings. The number of hydrogen-bond acceptors (Lipinski definition) is 4. The number of amides is 1. The topological polar surface area (TPSA) is 50.8 Å². The number of hydrogen-bond donors (Lipinski definition) is 1. The van der Waals surface area contributed by atoms with Crippen molar-refractivity contribution in [2.75, 3.05) is 26.2 Å². The maximum absolute atomic E-state index is 12.3. The lowest BCUT2D eigenvalue weighted by Crippen LogP contribution is -2.44. The molecule has 28 heavy (non-hydrogen) atoms. The van der Waals surface area contributed by atoms with Crippen molar-refractivity contribution < 1.29 is 14.3 Å². The highest BCUT2D eigenvalue weighted by molar-refractivity contribution is 5.94. The maximum atomic E-state index is 12.3. The number of aryl methyl sites for hydroxylation is 1. The first-order valence-corrected chi connectivity index (χ1v) is 9.94. The molecule has 0 aliphatic carbocycles. The van der Waals surface area contributed by atoms with Gasteiger partial charge in [0.1, 0.15) is 12.4 Å². The Kier molecular flexibility index (Phi) is 7.06. The molecule has 150 valence electrons. The first kappa shape index (κ1) is 20.4. The predicted molar refractivity (Wildman–Crippen MR) is 111 cm³/mol. The molecule has 1 N–H and O–H groups in total. The first-order valence-electron chi connectivity index (χ1n) is 9.94. The third-order valence-corrected chi connectivity index (χ3v) is 4.76. The molecule has 5 nitrogen and oxygen atoms in total. The minimum Gasteiger partial charge on any atom is -0.492 e. The zero-order valence-corrected chi connectivity index (χ0v) is 17.0. The van der Waals surface area contributed by atoms with Crippen LogP contribution in [0.3, 0.4) is 0 Å². The number of carbonyl (C=O) groups is 1. The van der Waals surface area contributed by atoms with Crippen LogP contribution in [0.15, 0.2) is 48.5 Å². The van der Waals surface area contributed by atoms with Crippen molar-refractivity contribution in [3.05, 3.63) is 65.2 Å². The van der Waals surface area contributed by atoms with Gasteiger partial charge in [0.15, 0.2) is 0 Å². The van der Waals surface area contributed by atoms with Crippen molar-refractivity contribution >= 4 is 5.91 Å². The summed E-state index contributed by atoms with van der Waals surface area (Å²) in [5.41, 5.74) is 3.03. The van der Waals surface area contributed by atoms with E-state index < -0.39 is 0 Å². The van der Waals surface area contributed by atoms with Crippen LogP contribution in [0.4, 0.5) is 0 Å².